The molecular weight excluding hydrogens is 387 g/mol. The van der Waals surface area contributed by atoms with E-state index in [1.165, 1.54) is 30.1 Å². The molecule has 1 aliphatic rings. The van der Waals surface area contributed by atoms with Gasteiger partial charge in [-0.25, -0.2) is 9.18 Å². The third kappa shape index (κ3) is 4.94. The lowest BCUT2D eigenvalue weighted by molar-refractivity contribution is -0.142. The minimum Gasteiger partial charge on any atom is -0.368 e. The number of rotatable bonds is 5. The normalized spacial score (nSPS) is 17.1. The number of para-hydroxylation sites is 1. The van der Waals surface area contributed by atoms with Gasteiger partial charge in [0.15, 0.2) is 0 Å². The Balaban J connectivity index is 1.70. The second-order valence-corrected chi connectivity index (χ2v) is 7.39. The molecule has 8 heteroatoms. The van der Waals surface area contributed by atoms with Gasteiger partial charge in [-0.15, -0.1) is 0 Å². The topological polar surface area (TPSA) is 95.7 Å². The minimum atomic E-state index is -1.08. The monoisotopic (exact) mass is 412 g/mol. The summed E-state index contributed by atoms with van der Waals surface area (Å²) in [5.74, 6) is -2.03. The van der Waals surface area contributed by atoms with Crippen molar-refractivity contribution in [3.63, 3.8) is 0 Å². The first kappa shape index (κ1) is 21.3. The molecule has 0 radical (unpaired) electrons. The van der Waals surface area contributed by atoms with Crippen LogP contribution in [0.2, 0.25) is 0 Å². The van der Waals surface area contributed by atoms with Crippen LogP contribution in [0.4, 0.5) is 14.9 Å². The van der Waals surface area contributed by atoms with Gasteiger partial charge in [0.25, 0.3) is 0 Å². The maximum Gasteiger partial charge on any atom is 0.321 e. The summed E-state index contributed by atoms with van der Waals surface area (Å²) in [4.78, 5) is 40.6. The van der Waals surface area contributed by atoms with Gasteiger partial charge in [0.2, 0.25) is 11.8 Å². The maximum atomic E-state index is 13.6. The van der Waals surface area contributed by atoms with Crippen LogP contribution in [-0.4, -0.2) is 47.8 Å². The average molecular weight is 412 g/mol. The smallest absolute Gasteiger partial charge is 0.321 e. The number of urea groups is 1. The van der Waals surface area contributed by atoms with E-state index in [4.69, 9.17) is 5.73 Å². The van der Waals surface area contributed by atoms with Gasteiger partial charge in [0.05, 0.1) is 5.92 Å². The Morgan fingerprint density at radius 1 is 1.17 bits per heavy atom. The largest absolute Gasteiger partial charge is 0.368 e. The van der Waals surface area contributed by atoms with Gasteiger partial charge >= 0.3 is 6.03 Å². The first-order valence-corrected chi connectivity index (χ1v) is 9.79. The fraction of sp³-hybridized carbons (Fsp3) is 0.318. The molecule has 0 bridgehead atoms. The molecule has 2 unspecified atom stereocenters. The fourth-order valence-corrected chi connectivity index (χ4v) is 3.76. The summed E-state index contributed by atoms with van der Waals surface area (Å²) in [5.41, 5.74) is 6.51. The highest BCUT2D eigenvalue weighted by atomic mass is 19.1. The number of nitrogens with two attached hydrogens (primary N) is 1. The van der Waals surface area contributed by atoms with Crippen molar-refractivity contribution in [3.8, 4) is 0 Å². The molecule has 1 heterocycles. The molecule has 0 aliphatic carbocycles. The van der Waals surface area contributed by atoms with Crippen molar-refractivity contribution >= 4 is 23.5 Å². The van der Waals surface area contributed by atoms with E-state index in [0.29, 0.717) is 30.6 Å². The Bertz CT molecular complexity index is 922. The molecule has 0 spiro atoms. The zero-order chi connectivity index (χ0) is 21.7. The Labute approximate surface area is 174 Å². The third-order valence-corrected chi connectivity index (χ3v) is 5.25. The summed E-state index contributed by atoms with van der Waals surface area (Å²) >= 11 is 0. The summed E-state index contributed by atoms with van der Waals surface area (Å²) in [6.45, 7) is 0.770. The Kier molecular flexibility index (Phi) is 6.66. The van der Waals surface area contributed by atoms with Crippen LogP contribution in [0.15, 0.2) is 54.6 Å². The molecular formula is C22H25FN4O3. The van der Waals surface area contributed by atoms with Crippen molar-refractivity contribution in [1.82, 2.24) is 9.80 Å². The molecule has 1 fully saturated rings. The van der Waals surface area contributed by atoms with Gasteiger partial charge in [-0.05, 0) is 42.7 Å². The van der Waals surface area contributed by atoms with E-state index in [-0.39, 0.29) is 18.5 Å². The van der Waals surface area contributed by atoms with E-state index in [2.05, 4.69) is 5.32 Å². The summed E-state index contributed by atoms with van der Waals surface area (Å²) in [6.07, 6.45) is 1.25. The first-order chi connectivity index (χ1) is 14.4. The third-order valence-electron chi connectivity index (χ3n) is 5.25. The van der Waals surface area contributed by atoms with Gasteiger partial charge in [-0.3, -0.25) is 9.59 Å². The second-order valence-electron chi connectivity index (χ2n) is 7.39. The Morgan fingerprint density at radius 2 is 1.90 bits per heavy atom. The number of carbonyl (C=O) groups is 3. The highest BCUT2D eigenvalue weighted by molar-refractivity contribution is 5.91. The van der Waals surface area contributed by atoms with Crippen LogP contribution >= 0.6 is 0 Å². The van der Waals surface area contributed by atoms with Crippen molar-refractivity contribution in [2.75, 3.05) is 25.5 Å². The van der Waals surface area contributed by atoms with Crippen molar-refractivity contribution < 1.29 is 18.8 Å². The number of anilines is 1. The molecule has 0 saturated carbocycles. The summed E-state index contributed by atoms with van der Waals surface area (Å²) in [6, 6.07) is 13.2. The van der Waals surface area contributed by atoms with Crippen LogP contribution in [0, 0.1) is 11.7 Å². The average Bonchev–Trinajstić information content (AvgIpc) is 2.74. The maximum absolute atomic E-state index is 13.6. The van der Waals surface area contributed by atoms with Crippen LogP contribution in [-0.2, 0) is 9.59 Å². The lowest BCUT2D eigenvalue weighted by atomic mass is 9.95. The van der Waals surface area contributed by atoms with Crippen LogP contribution in [0.3, 0.4) is 0 Å². The van der Waals surface area contributed by atoms with Gasteiger partial charge in [0.1, 0.15) is 11.9 Å². The molecule has 1 aliphatic heterocycles. The number of piperidine rings is 1. The number of amides is 4. The number of primary amides is 1. The minimum absolute atomic E-state index is 0.233. The summed E-state index contributed by atoms with van der Waals surface area (Å²) < 4.78 is 13.6. The lowest BCUT2D eigenvalue weighted by Gasteiger charge is -2.35. The van der Waals surface area contributed by atoms with E-state index >= 15 is 0 Å². The molecule has 158 valence electrons. The fourth-order valence-electron chi connectivity index (χ4n) is 3.76. The SMILES string of the molecule is CN(C(=O)C1CCCN(C(=O)Nc2ccccc2)C1)C(C(N)=O)c1cccc(F)c1. The zero-order valence-electron chi connectivity index (χ0n) is 16.8. The zero-order valence-corrected chi connectivity index (χ0v) is 16.8. The summed E-state index contributed by atoms with van der Waals surface area (Å²) in [7, 11) is 1.48. The number of carbonyl (C=O) groups excluding carboxylic acids is 3. The summed E-state index contributed by atoms with van der Waals surface area (Å²) in [5, 5.41) is 2.82. The van der Waals surface area contributed by atoms with Crippen LogP contribution in [0.5, 0.6) is 0 Å². The van der Waals surface area contributed by atoms with Gasteiger partial charge < -0.3 is 20.9 Å². The molecule has 1 saturated heterocycles. The second kappa shape index (κ2) is 9.39. The molecule has 7 nitrogen and oxygen atoms in total. The predicted molar refractivity (Wildman–Crippen MR) is 111 cm³/mol. The first-order valence-electron chi connectivity index (χ1n) is 9.79. The quantitative estimate of drug-likeness (QED) is 0.790. The van der Waals surface area contributed by atoms with Gasteiger partial charge in [0, 0.05) is 25.8 Å². The van der Waals surface area contributed by atoms with Crippen LogP contribution < -0.4 is 11.1 Å². The van der Waals surface area contributed by atoms with E-state index in [9.17, 15) is 18.8 Å². The Hall–Kier alpha value is -3.42. The highest BCUT2D eigenvalue weighted by Crippen LogP contribution is 2.25. The van der Waals surface area contributed by atoms with Crippen molar-refractivity contribution in [2.24, 2.45) is 11.7 Å². The van der Waals surface area contributed by atoms with Crippen LogP contribution in [0.25, 0.3) is 0 Å². The molecule has 2 aromatic rings. The molecule has 0 aromatic heterocycles. The molecule has 3 N–H and O–H groups in total. The van der Waals surface area contributed by atoms with Gasteiger partial charge in [-0.2, -0.15) is 0 Å². The van der Waals surface area contributed by atoms with E-state index in [1.54, 1.807) is 23.1 Å². The number of benzene rings is 2. The number of likely N-dealkylation sites (N-methyl/N-ethyl adjacent to an activating group) is 1. The van der Waals surface area contributed by atoms with Crippen molar-refractivity contribution in [1.29, 1.82) is 0 Å². The molecule has 4 amide bonds. The number of hydrogen-bond donors (Lipinski definition) is 2. The number of hydrogen-bond acceptors (Lipinski definition) is 3. The number of halogens is 1. The number of likely N-dealkylation sites (tertiary alicyclic amines) is 1. The number of nitrogens with one attached hydrogen (secondary N) is 1. The number of nitrogens with zero attached hydrogens (tertiary/aromatic N) is 2. The van der Waals surface area contributed by atoms with E-state index in [0.717, 1.165) is 0 Å². The van der Waals surface area contributed by atoms with Crippen molar-refractivity contribution in [3.05, 3.63) is 66.0 Å². The highest BCUT2D eigenvalue weighted by Gasteiger charge is 2.35. The Morgan fingerprint density at radius 3 is 2.57 bits per heavy atom. The van der Waals surface area contributed by atoms with Gasteiger partial charge in [-0.1, -0.05) is 30.3 Å². The molecule has 2 aromatic carbocycles. The predicted octanol–water partition coefficient (Wildman–Crippen LogP) is 2.75. The molecule has 2 atom stereocenters. The van der Waals surface area contributed by atoms with E-state index in [1.807, 2.05) is 18.2 Å². The lowest BCUT2D eigenvalue weighted by Crippen LogP contribution is -2.49. The molecule has 30 heavy (non-hydrogen) atoms. The molecule has 3 rings (SSSR count). The van der Waals surface area contributed by atoms with E-state index < -0.39 is 23.7 Å². The van der Waals surface area contributed by atoms with Crippen LogP contribution in [0.1, 0.15) is 24.4 Å². The standard InChI is InChI=1S/C22H25FN4O3/c1-26(19(20(24)28)15-7-5-9-17(23)13-15)21(29)16-8-6-12-27(14-16)22(30)25-18-10-3-2-4-11-18/h2-5,7,9-11,13,16,19H,6,8,12,14H2,1H3,(H2,24,28)(H,25,30). The van der Waals surface area contributed by atoms with Crippen molar-refractivity contribution in [2.45, 2.75) is 18.9 Å².